The third-order valence-corrected chi connectivity index (χ3v) is 5.95. The number of H-pyrrole nitrogens is 1. The highest BCUT2D eigenvalue weighted by molar-refractivity contribution is 7.13. The highest BCUT2D eigenvalue weighted by atomic mass is 32.1. The fourth-order valence-electron chi connectivity index (χ4n) is 3.73. The highest BCUT2D eigenvalue weighted by Gasteiger charge is 2.19. The van der Waals surface area contributed by atoms with Crippen molar-refractivity contribution >= 4 is 22.4 Å². The van der Waals surface area contributed by atoms with Gasteiger partial charge in [-0.1, -0.05) is 0 Å². The van der Waals surface area contributed by atoms with Gasteiger partial charge in [0.15, 0.2) is 10.8 Å². The van der Waals surface area contributed by atoms with Gasteiger partial charge in [-0.2, -0.15) is 0 Å². The topological polar surface area (TPSA) is 68.6 Å². The Bertz CT molecular complexity index is 1070. The zero-order valence-corrected chi connectivity index (χ0v) is 16.0. The third kappa shape index (κ3) is 3.17. The Morgan fingerprint density at radius 3 is 3.07 bits per heavy atom. The normalized spacial score (nSPS) is 15.6. The van der Waals surface area contributed by atoms with Gasteiger partial charge < -0.3 is 14.3 Å². The van der Waals surface area contributed by atoms with Crippen molar-refractivity contribution in [2.45, 2.75) is 26.3 Å². The maximum atomic E-state index is 5.49. The zero-order chi connectivity index (χ0) is 18.2. The zero-order valence-electron chi connectivity index (χ0n) is 15.2. The molecule has 0 amide bonds. The molecule has 0 atom stereocenters. The number of nitrogens with one attached hydrogen (secondary N) is 1. The van der Waals surface area contributed by atoms with Crippen LogP contribution in [0.4, 0.5) is 0 Å². The van der Waals surface area contributed by atoms with E-state index in [1.54, 1.807) is 17.5 Å². The summed E-state index contributed by atoms with van der Waals surface area (Å²) in [4.78, 5) is 17.3. The third-order valence-electron chi connectivity index (χ3n) is 5.12. The first-order chi connectivity index (χ1) is 13.3. The molecule has 7 heteroatoms. The summed E-state index contributed by atoms with van der Waals surface area (Å²) < 4.78 is 7.76. The summed E-state index contributed by atoms with van der Waals surface area (Å²) in [6.07, 6.45) is 8.15. The molecule has 5 heterocycles. The van der Waals surface area contributed by atoms with Crippen molar-refractivity contribution in [3.63, 3.8) is 0 Å². The minimum atomic E-state index is 0.644. The molecule has 0 saturated carbocycles. The van der Waals surface area contributed by atoms with Crippen LogP contribution in [0.15, 0.2) is 36.1 Å². The summed E-state index contributed by atoms with van der Waals surface area (Å²) in [6.45, 7) is 4.75. The van der Waals surface area contributed by atoms with Gasteiger partial charge in [-0.15, -0.1) is 11.3 Å². The molecule has 1 aliphatic rings. The molecule has 138 valence electrons. The fraction of sp³-hybridized carbons (Fsp3) is 0.350. The van der Waals surface area contributed by atoms with E-state index in [2.05, 4.69) is 32.2 Å². The Balaban J connectivity index is 1.48. The van der Waals surface area contributed by atoms with E-state index in [-0.39, 0.29) is 0 Å². The number of aromatic nitrogens is 5. The molecule has 1 aliphatic heterocycles. The Hall–Kier alpha value is -2.51. The first-order valence-electron chi connectivity index (χ1n) is 9.28. The summed E-state index contributed by atoms with van der Waals surface area (Å²) in [5, 5.41) is 4.16. The van der Waals surface area contributed by atoms with Crippen LogP contribution in [0.1, 0.15) is 18.5 Å². The van der Waals surface area contributed by atoms with Crippen molar-refractivity contribution in [2.24, 2.45) is 5.92 Å². The molecule has 0 bridgehead atoms. The van der Waals surface area contributed by atoms with E-state index in [9.17, 15) is 0 Å². The average molecular weight is 379 g/mol. The lowest BCUT2D eigenvalue weighted by Gasteiger charge is -2.22. The second kappa shape index (κ2) is 6.90. The van der Waals surface area contributed by atoms with Gasteiger partial charge in [0.25, 0.3) is 0 Å². The summed E-state index contributed by atoms with van der Waals surface area (Å²) in [5.41, 5.74) is 3.97. The molecule has 1 fully saturated rings. The molecule has 0 aliphatic carbocycles. The summed E-state index contributed by atoms with van der Waals surface area (Å²) in [6, 6.07) is 4.03. The minimum absolute atomic E-state index is 0.644. The van der Waals surface area contributed by atoms with Gasteiger partial charge in [0.05, 0.1) is 11.4 Å². The molecule has 0 aromatic carbocycles. The maximum absolute atomic E-state index is 5.49. The van der Waals surface area contributed by atoms with Crippen molar-refractivity contribution in [1.29, 1.82) is 0 Å². The van der Waals surface area contributed by atoms with E-state index in [1.807, 2.05) is 19.2 Å². The van der Waals surface area contributed by atoms with Crippen molar-refractivity contribution in [3.8, 4) is 22.1 Å². The van der Waals surface area contributed by atoms with Crippen LogP contribution in [0.2, 0.25) is 0 Å². The summed E-state index contributed by atoms with van der Waals surface area (Å²) >= 11 is 1.65. The molecule has 1 N–H and O–H groups in total. The molecule has 27 heavy (non-hydrogen) atoms. The SMILES string of the molecule is Cc1cn(CC2CCOCC2)c(-c2nc(-c3c[nH]c4ncccc34)cs2)n1. The van der Waals surface area contributed by atoms with Gasteiger partial charge in [-0.25, -0.2) is 15.0 Å². The number of imidazole rings is 1. The van der Waals surface area contributed by atoms with E-state index >= 15 is 0 Å². The van der Waals surface area contributed by atoms with E-state index in [0.717, 1.165) is 71.4 Å². The molecule has 0 radical (unpaired) electrons. The number of fused-ring (bicyclic) bond motifs is 1. The van der Waals surface area contributed by atoms with Crippen LogP contribution in [-0.2, 0) is 11.3 Å². The lowest BCUT2D eigenvalue weighted by Crippen LogP contribution is -2.20. The van der Waals surface area contributed by atoms with Crippen LogP contribution in [0, 0.1) is 12.8 Å². The molecule has 4 aromatic rings. The predicted octanol–water partition coefficient (Wildman–Crippen LogP) is 4.28. The molecule has 0 spiro atoms. The summed E-state index contributed by atoms with van der Waals surface area (Å²) in [7, 11) is 0. The van der Waals surface area contributed by atoms with Gasteiger partial charge in [-0.3, -0.25) is 0 Å². The maximum Gasteiger partial charge on any atom is 0.169 e. The number of ether oxygens (including phenoxy) is 1. The minimum Gasteiger partial charge on any atom is -0.381 e. The molecule has 5 rings (SSSR count). The van der Waals surface area contributed by atoms with Crippen molar-refractivity contribution < 1.29 is 4.74 Å². The van der Waals surface area contributed by atoms with Crippen LogP contribution in [0.5, 0.6) is 0 Å². The standard InChI is InChI=1S/C20H21N5OS/c1-13-10-25(11-14-4-7-26-8-5-14)19(23-13)20-24-17(12-27-20)16-9-22-18-15(16)3-2-6-21-18/h2-3,6,9-10,12,14H,4-5,7-8,11H2,1H3,(H,21,22). The van der Waals surface area contributed by atoms with E-state index in [1.165, 1.54) is 0 Å². The molecule has 4 aromatic heterocycles. The van der Waals surface area contributed by atoms with Crippen LogP contribution in [-0.4, -0.2) is 37.7 Å². The molecule has 0 unspecified atom stereocenters. The molecule has 1 saturated heterocycles. The number of hydrogen-bond donors (Lipinski definition) is 1. The lowest BCUT2D eigenvalue weighted by molar-refractivity contribution is 0.0614. The predicted molar refractivity (Wildman–Crippen MR) is 107 cm³/mol. The van der Waals surface area contributed by atoms with Crippen molar-refractivity contribution in [3.05, 3.63) is 41.8 Å². The summed E-state index contributed by atoms with van der Waals surface area (Å²) in [5.74, 6) is 1.61. The van der Waals surface area contributed by atoms with Crippen LogP contribution in [0.25, 0.3) is 33.1 Å². The Labute approximate surface area is 161 Å². The van der Waals surface area contributed by atoms with Crippen molar-refractivity contribution in [2.75, 3.05) is 13.2 Å². The van der Waals surface area contributed by atoms with Crippen LogP contribution >= 0.6 is 11.3 Å². The van der Waals surface area contributed by atoms with E-state index < -0.39 is 0 Å². The van der Waals surface area contributed by atoms with Gasteiger partial charge in [-0.05, 0) is 37.8 Å². The number of aromatic amines is 1. The van der Waals surface area contributed by atoms with Crippen molar-refractivity contribution in [1.82, 2.24) is 24.5 Å². The molecular formula is C20H21N5OS. The number of aryl methyl sites for hydroxylation is 1. The largest absolute Gasteiger partial charge is 0.381 e. The Kier molecular flexibility index (Phi) is 4.26. The second-order valence-corrected chi connectivity index (χ2v) is 7.91. The Morgan fingerprint density at radius 2 is 2.19 bits per heavy atom. The smallest absolute Gasteiger partial charge is 0.169 e. The first-order valence-corrected chi connectivity index (χ1v) is 10.2. The lowest BCUT2D eigenvalue weighted by atomic mass is 10.0. The quantitative estimate of drug-likeness (QED) is 0.574. The molecule has 6 nitrogen and oxygen atoms in total. The first kappa shape index (κ1) is 16.6. The Morgan fingerprint density at radius 1 is 1.30 bits per heavy atom. The average Bonchev–Trinajstić information content (AvgIpc) is 3.40. The number of pyridine rings is 1. The number of thiazole rings is 1. The van der Waals surface area contributed by atoms with E-state index in [4.69, 9.17) is 14.7 Å². The monoisotopic (exact) mass is 379 g/mol. The molecular weight excluding hydrogens is 358 g/mol. The van der Waals surface area contributed by atoms with Crippen LogP contribution in [0.3, 0.4) is 0 Å². The fourth-order valence-corrected chi connectivity index (χ4v) is 4.55. The van der Waals surface area contributed by atoms with Crippen LogP contribution < -0.4 is 0 Å². The highest BCUT2D eigenvalue weighted by Crippen LogP contribution is 2.32. The number of rotatable bonds is 4. The van der Waals surface area contributed by atoms with Gasteiger partial charge in [0.2, 0.25) is 0 Å². The number of hydrogen-bond acceptors (Lipinski definition) is 5. The van der Waals surface area contributed by atoms with E-state index in [0.29, 0.717) is 5.92 Å². The second-order valence-electron chi connectivity index (χ2n) is 7.05. The van der Waals surface area contributed by atoms with Gasteiger partial charge in [0, 0.05) is 54.7 Å². The number of nitrogens with zero attached hydrogens (tertiary/aromatic N) is 4. The van der Waals surface area contributed by atoms with Gasteiger partial charge >= 0.3 is 0 Å². The van der Waals surface area contributed by atoms with Gasteiger partial charge in [0.1, 0.15) is 5.65 Å².